The first kappa shape index (κ1) is 13.1. The highest BCUT2D eigenvalue weighted by Gasteiger charge is 2.14. The summed E-state index contributed by atoms with van der Waals surface area (Å²) in [7, 11) is 1.85. The molecule has 5 heteroatoms. The van der Waals surface area contributed by atoms with Crippen molar-refractivity contribution in [2.75, 3.05) is 0 Å². The lowest BCUT2D eigenvalue weighted by atomic mass is 10.0. The minimum atomic E-state index is -0.335. The van der Waals surface area contributed by atoms with E-state index in [-0.39, 0.29) is 11.9 Å². The average Bonchev–Trinajstić information content (AvgIpc) is 2.64. The molecule has 0 amide bonds. The van der Waals surface area contributed by atoms with Crippen LogP contribution in [0.1, 0.15) is 23.0 Å². The number of hydrogen-bond acceptors (Lipinski definition) is 2. The zero-order chi connectivity index (χ0) is 13.3. The van der Waals surface area contributed by atoms with Crippen LogP contribution in [0.5, 0.6) is 0 Å². The van der Waals surface area contributed by atoms with Crippen molar-refractivity contribution in [3.8, 4) is 0 Å². The maximum absolute atomic E-state index is 13.6. The monoisotopic (exact) mass is 267 g/mol. The van der Waals surface area contributed by atoms with E-state index in [4.69, 9.17) is 17.3 Å². The fourth-order valence-electron chi connectivity index (χ4n) is 1.81. The molecule has 0 bridgehead atoms. The fourth-order valence-corrected chi connectivity index (χ4v) is 2.01. The summed E-state index contributed by atoms with van der Waals surface area (Å²) in [6.45, 7) is 1.95. The molecular weight excluding hydrogens is 253 g/mol. The summed E-state index contributed by atoms with van der Waals surface area (Å²) in [6, 6.07) is 6.06. The van der Waals surface area contributed by atoms with Gasteiger partial charge in [0.15, 0.2) is 0 Å². The number of rotatable bonds is 3. The predicted octanol–water partition coefficient (Wildman–Crippen LogP) is 2.76. The maximum atomic E-state index is 13.6. The molecule has 1 heterocycles. The Kier molecular flexibility index (Phi) is 3.68. The van der Waals surface area contributed by atoms with Gasteiger partial charge in [0.2, 0.25) is 0 Å². The second kappa shape index (κ2) is 5.08. The number of hydrogen-bond donors (Lipinski definition) is 1. The van der Waals surface area contributed by atoms with Crippen LogP contribution >= 0.6 is 11.6 Å². The summed E-state index contributed by atoms with van der Waals surface area (Å²) in [5, 5.41) is 4.80. The Morgan fingerprint density at radius 2 is 2.17 bits per heavy atom. The molecular formula is C13H15ClFN3. The van der Waals surface area contributed by atoms with Crippen molar-refractivity contribution in [2.24, 2.45) is 12.8 Å². The molecule has 0 radical (unpaired) electrons. The third kappa shape index (κ3) is 2.71. The van der Waals surface area contributed by atoms with E-state index < -0.39 is 0 Å². The van der Waals surface area contributed by atoms with Gasteiger partial charge in [-0.25, -0.2) is 4.39 Å². The third-order valence-corrected chi connectivity index (χ3v) is 3.20. The number of aryl methyl sites for hydroxylation is 2. The number of nitrogens with zero attached hydrogens (tertiary/aromatic N) is 2. The largest absolute Gasteiger partial charge is 0.322 e. The molecule has 1 unspecified atom stereocenters. The van der Waals surface area contributed by atoms with E-state index in [1.165, 1.54) is 12.1 Å². The highest BCUT2D eigenvalue weighted by Crippen LogP contribution is 2.21. The zero-order valence-corrected chi connectivity index (χ0v) is 11.1. The lowest BCUT2D eigenvalue weighted by Crippen LogP contribution is -2.15. The molecule has 2 rings (SSSR count). The van der Waals surface area contributed by atoms with Crippen LogP contribution in [0.4, 0.5) is 4.39 Å². The van der Waals surface area contributed by atoms with Gasteiger partial charge < -0.3 is 5.73 Å². The minimum Gasteiger partial charge on any atom is -0.322 e. The average molecular weight is 268 g/mol. The van der Waals surface area contributed by atoms with Crippen LogP contribution in [0.25, 0.3) is 0 Å². The summed E-state index contributed by atoms with van der Waals surface area (Å²) in [6.07, 6.45) is 0.378. The Labute approximate surface area is 110 Å². The normalized spacial score (nSPS) is 12.7. The van der Waals surface area contributed by atoms with Gasteiger partial charge in [-0.3, -0.25) is 4.68 Å². The molecule has 1 aromatic carbocycles. The third-order valence-electron chi connectivity index (χ3n) is 2.96. The van der Waals surface area contributed by atoms with E-state index in [0.29, 0.717) is 17.0 Å². The minimum absolute atomic E-state index is 0.289. The predicted molar refractivity (Wildman–Crippen MR) is 70.0 cm³/mol. The quantitative estimate of drug-likeness (QED) is 0.929. The van der Waals surface area contributed by atoms with E-state index in [0.717, 1.165) is 11.4 Å². The standard InChI is InChI=1S/C13H15ClFN3/c1-8-5-13(17-18(8)2)12(16)7-9-6-10(14)3-4-11(9)15/h3-6,12H,7,16H2,1-2H3. The van der Waals surface area contributed by atoms with Gasteiger partial charge in [0, 0.05) is 17.8 Å². The van der Waals surface area contributed by atoms with Gasteiger partial charge in [0.05, 0.1) is 11.7 Å². The molecule has 0 aliphatic heterocycles. The van der Waals surface area contributed by atoms with E-state index in [2.05, 4.69) is 5.10 Å². The van der Waals surface area contributed by atoms with Gasteiger partial charge >= 0.3 is 0 Å². The summed E-state index contributed by atoms with van der Waals surface area (Å²) in [5.74, 6) is -0.289. The number of benzene rings is 1. The molecule has 0 saturated heterocycles. The van der Waals surface area contributed by atoms with Crippen molar-refractivity contribution in [3.63, 3.8) is 0 Å². The highest BCUT2D eigenvalue weighted by molar-refractivity contribution is 6.30. The summed E-state index contributed by atoms with van der Waals surface area (Å²) in [4.78, 5) is 0. The molecule has 0 saturated carbocycles. The number of nitrogens with two attached hydrogens (primary N) is 1. The molecule has 3 nitrogen and oxygen atoms in total. The van der Waals surface area contributed by atoms with Crippen molar-refractivity contribution in [1.29, 1.82) is 0 Å². The Bertz CT molecular complexity index is 546. The maximum Gasteiger partial charge on any atom is 0.126 e. The van der Waals surface area contributed by atoms with Crippen molar-refractivity contribution >= 4 is 11.6 Å². The molecule has 2 N–H and O–H groups in total. The molecule has 0 aliphatic rings. The summed E-state index contributed by atoms with van der Waals surface area (Å²) >= 11 is 5.85. The van der Waals surface area contributed by atoms with Crippen LogP contribution in [0.2, 0.25) is 5.02 Å². The molecule has 1 atom stereocenters. The Hall–Kier alpha value is -1.39. The highest BCUT2D eigenvalue weighted by atomic mass is 35.5. The van der Waals surface area contributed by atoms with Crippen molar-refractivity contribution in [2.45, 2.75) is 19.4 Å². The van der Waals surface area contributed by atoms with Crippen LogP contribution < -0.4 is 5.73 Å². The lowest BCUT2D eigenvalue weighted by Gasteiger charge is -2.10. The van der Waals surface area contributed by atoms with Gasteiger partial charge in [-0.1, -0.05) is 11.6 Å². The fraction of sp³-hybridized carbons (Fsp3) is 0.308. The van der Waals surface area contributed by atoms with Crippen molar-refractivity contribution < 1.29 is 4.39 Å². The first-order chi connectivity index (χ1) is 8.47. The van der Waals surface area contributed by atoms with Crippen LogP contribution in [-0.4, -0.2) is 9.78 Å². The Morgan fingerprint density at radius 3 is 2.78 bits per heavy atom. The van der Waals surface area contributed by atoms with Gasteiger partial charge in [0.1, 0.15) is 5.82 Å². The van der Waals surface area contributed by atoms with Crippen molar-refractivity contribution in [1.82, 2.24) is 9.78 Å². The molecule has 2 aromatic rings. The van der Waals surface area contributed by atoms with Crippen LogP contribution in [0.15, 0.2) is 24.3 Å². The van der Waals surface area contributed by atoms with Crippen LogP contribution in [0, 0.1) is 12.7 Å². The molecule has 96 valence electrons. The van der Waals surface area contributed by atoms with Crippen molar-refractivity contribution in [3.05, 3.63) is 52.1 Å². The first-order valence-electron chi connectivity index (χ1n) is 5.67. The van der Waals surface area contributed by atoms with Crippen LogP contribution in [-0.2, 0) is 13.5 Å². The van der Waals surface area contributed by atoms with E-state index in [1.807, 2.05) is 20.0 Å². The SMILES string of the molecule is Cc1cc(C(N)Cc2cc(Cl)ccc2F)nn1C. The summed E-state index contributed by atoms with van der Waals surface area (Å²) < 4.78 is 15.3. The number of halogens is 2. The molecule has 0 aliphatic carbocycles. The van der Waals surface area contributed by atoms with E-state index >= 15 is 0 Å². The molecule has 0 spiro atoms. The summed E-state index contributed by atoms with van der Waals surface area (Å²) in [5.41, 5.74) is 8.33. The topological polar surface area (TPSA) is 43.8 Å². The Morgan fingerprint density at radius 1 is 1.44 bits per heavy atom. The molecule has 1 aromatic heterocycles. The van der Waals surface area contributed by atoms with Gasteiger partial charge in [-0.05, 0) is 43.2 Å². The lowest BCUT2D eigenvalue weighted by molar-refractivity contribution is 0.585. The molecule has 18 heavy (non-hydrogen) atoms. The van der Waals surface area contributed by atoms with Gasteiger partial charge in [-0.2, -0.15) is 5.10 Å². The second-order valence-electron chi connectivity index (χ2n) is 4.38. The van der Waals surface area contributed by atoms with E-state index in [9.17, 15) is 4.39 Å². The van der Waals surface area contributed by atoms with Gasteiger partial charge in [0.25, 0.3) is 0 Å². The second-order valence-corrected chi connectivity index (χ2v) is 4.82. The molecule has 0 fully saturated rings. The number of aromatic nitrogens is 2. The van der Waals surface area contributed by atoms with E-state index in [1.54, 1.807) is 10.7 Å². The van der Waals surface area contributed by atoms with Crippen LogP contribution in [0.3, 0.4) is 0 Å². The Balaban J connectivity index is 2.20. The smallest absolute Gasteiger partial charge is 0.126 e. The first-order valence-corrected chi connectivity index (χ1v) is 6.05. The van der Waals surface area contributed by atoms with Gasteiger partial charge in [-0.15, -0.1) is 0 Å². The zero-order valence-electron chi connectivity index (χ0n) is 10.3.